The van der Waals surface area contributed by atoms with Crippen LogP contribution in [-0.2, 0) is 14.9 Å². The highest BCUT2D eigenvalue weighted by molar-refractivity contribution is 5.94. The maximum Gasteiger partial charge on any atom is 0.352 e. The van der Waals surface area contributed by atoms with E-state index in [4.69, 9.17) is 4.74 Å². The molecule has 2 atom stereocenters. The summed E-state index contributed by atoms with van der Waals surface area (Å²) in [6, 6.07) is 34.2. The largest absolute Gasteiger partial charge is 0.478 e. The van der Waals surface area contributed by atoms with Gasteiger partial charge in [-0.25, -0.2) is 4.79 Å². The van der Waals surface area contributed by atoms with Gasteiger partial charge in [0.2, 0.25) is 5.72 Å². The van der Waals surface area contributed by atoms with Gasteiger partial charge in [0.05, 0.1) is 5.41 Å². The fourth-order valence-corrected chi connectivity index (χ4v) is 6.09. The van der Waals surface area contributed by atoms with E-state index in [1.54, 1.807) is 31.3 Å². The van der Waals surface area contributed by atoms with E-state index >= 15 is 0 Å². The van der Waals surface area contributed by atoms with Crippen LogP contribution in [0.5, 0.6) is 0 Å². The summed E-state index contributed by atoms with van der Waals surface area (Å²) < 4.78 is 6.88. The molecule has 1 aliphatic rings. The molecule has 0 spiro atoms. The third kappa shape index (κ3) is 4.70. The number of hydrogen-bond donors (Lipinski definition) is 2. The number of ether oxygens (including phenoxy) is 1. The van der Waals surface area contributed by atoms with Gasteiger partial charge in [0, 0.05) is 18.2 Å². The summed E-state index contributed by atoms with van der Waals surface area (Å²) in [5.74, 6) is -1.42. The van der Waals surface area contributed by atoms with E-state index in [-0.39, 0.29) is 5.91 Å². The van der Waals surface area contributed by atoms with Gasteiger partial charge in [0.25, 0.3) is 5.91 Å². The molecular formula is C34H34N2O4. The second-order valence-corrected chi connectivity index (χ2v) is 10.5. The van der Waals surface area contributed by atoms with Gasteiger partial charge in [-0.15, -0.1) is 0 Å². The number of nitrogens with one attached hydrogen (secondary N) is 1. The number of carbonyl (C=O) groups is 2. The molecule has 1 saturated heterocycles. The minimum atomic E-state index is -1.89. The van der Waals surface area contributed by atoms with Crippen LogP contribution in [0.2, 0.25) is 0 Å². The smallest absolute Gasteiger partial charge is 0.352 e. The first-order valence-corrected chi connectivity index (χ1v) is 13.5. The van der Waals surface area contributed by atoms with Crippen molar-refractivity contribution in [2.45, 2.75) is 37.6 Å². The first-order chi connectivity index (χ1) is 19.3. The van der Waals surface area contributed by atoms with Crippen LogP contribution in [0.25, 0.3) is 0 Å². The van der Waals surface area contributed by atoms with Crippen LogP contribution in [0.3, 0.4) is 0 Å². The summed E-state index contributed by atoms with van der Waals surface area (Å²) in [7, 11) is 1.66. The fourth-order valence-electron chi connectivity index (χ4n) is 6.09. The molecule has 4 aromatic rings. The number of aryl methyl sites for hydroxylation is 2. The first kappa shape index (κ1) is 27.3. The molecular weight excluding hydrogens is 500 g/mol. The lowest BCUT2D eigenvalue weighted by Gasteiger charge is -2.46. The average molecular weight is 535 g/mol. The van der Waals surface area contributed by atoms with Crippen LogP contribution in [0, 0.1) is 13.8 Å². The van der Waals surface area contributed by atoms with Gasteiger partial charge in [-0.2, -0.15) is 0 Å². The van der Waals surface area contributed by atoms with Crippen molar-refractivity contribution < 1.29 is 19.4 Å². The van der Waals surface area contributed by atoms with Gasteiger partial charge in [0.15, 0.2) is 6.23 Å². The van der Waals surface area contributed by atoms with Gasteiger partial charge in [-0.1, -0.05) is 108 Å². The lowest BCUT2D eigenvalue weighted by atomic mass is 9.66. The van der Waals surface area contributed by atoms with Crippen molar-refractivity contribution in [2.75, 3.05) is 13.6 Å². The first-order valence-electron chi connectivity index (χ1n) is 13.5. The van der Waals surface area contributed by atoms with E-state index in [0.29, 0.717) is 24.1 Å². The van der Waals surface area contributed by atoms with Gasteiger partial charge in [0.1, 0.15) is 0 Å². The Morgan fingerprint density at radius 1 is 0.825 bits per heavy atom. The van der Waals surface area contributed by atoms with Crippen LogP contribution in [-0.4, -0.2) is 41.2 Å². The van der Waals surface area contributed by atoms with Crippen LogP contribution >= 0.6 is 0 Å². The van der Waals surface area contributed by atoms with E-state index in [1.807, 2.05) is 98.8 Å². The van der Waals surface area contributed by atoms with Crippen molar-refractivity contribution in [2.24, 2.45) is 0 Å². The summed E-state index contributed by atoms with van der Waals surface area (Å²) in [4.78, 5) is 28.8. The molecule has 2 N–H and O–H groups in total. The molecule has 0 saturated carbocycles. The molecule has 1 amide bonds. The number of aliphatic carboxylic acids is 1. The van der Waals surface area contributed by atoms with Crippen LogP contribution in [0.4, 0.5) is 0 Å². The quantitative estimate of drug-likeness (QED) is 0.277. The number of hydrogen-bond acceptors (Lipinski definition) is 4. The third-order valence-electron chi connectivity index (χ3n) is 7.82. The summed E-state index contributed by atoms with van der Waals surface area (Å²) in [5.41, 5.74) is 1.86. The summed E-state index contributed by atoms with van der Waals surface area (Å²) in [6.45, 7) is 4.36. The number of benzene rings is 4. The normalized spacial score (nSPS) is 18.7. The summed E-state index contributed by atoms with van der Waals surface area (Å²) in [6.07, 6.45) is -0.511. The lowest BCUT2D eigenvalue weighted by Crippen LogP contribution is -2.64. The molecule has 204 valence electrons. The van der Waals surface area contributed by atoms with Crippen molar-refractivity contribution >= 4 is 11.9 Å². The Labute approximate surface area is 235 Å². The molecule has 4 aromatic carbocycles. The maximum absolute atomic E-state index is 13.8. The Bertz CT molecular complexity index is 1430. The summed E-state index contributed by atoms with van der Waals surface area (Å²) in [5, 5.41) is 14.3. The Kier molecular flexibility index (Phi) is 7.57. The lowest BCUT2D eigenvalue weighted by molar-refractivity contribution is -0.202. The van der Waals surface area contributed by atoms with E-state index in [1.165, 1.54) is 4.90 Å². The molecule has 2 unspecified atom stereocenters. The number of rotatable bonds is 8. The number of nitrogens with zero attached hydrogens (tertiary/aromatic N) is 1. The zero-order valence-electron chi connectivity index (χ0n) is 23.0. The zero-order valence-corrected chi connectivity index (χ0v) is 23.0. The SMILES string of the molecule is Cc1cc(C)cc(C(OC2(C(=O)O)NCCC2(c2ccccc2)c2ccccc2)N(C)C(=O)c2ccccc2)c1. The monoisotopic (exact) mass is 534 g/mol. The van der Waals surface area contributed by atoms with Crippen LogP contribution in [0.15, 0.2) is 109 Å². The second kappa shape index (κ2) is 11.1. The molecule has 5 rings (SSSR count). The van der Waals surface area contributed by atoms with Gasteiger partial charge < -0.3 is 14.7 Å². The van der Waals surface area contributed by atoms with Gasteiger partial charge in [-0.05, 0) is 50.1 Å². The predicted molar refractivity (Wildman–Crippen MR) is 155 cm³/mol. The zero-order chi connectivity index (χ0) is 28.3. The topological polar surface area (TPSA) is 78.9 Å². The van der Waals surface area contributed by atoms with Crippen molar-refractivity contribution in [3.8, 4) is 0 Å². The highest BCUT2D eigenvalue weighted by Gasteiger charge is 2.64. The molecule has 6 nitrogen and oxygen atoms in total. The Morgan fingerprint density at radius 3 is 1.82 bits per heavy atom. The molecule has 1 heterocycles. The average Bonchev–Trinajstić information content (AvgIpc) is 3.37. The number of amides is 1. The molecule has 0 aliphatic carbocycles. The van der Waals surface area contributed by atoms with E-state index in [0.717, 1.165) is 22.3 Å². The van der Waals surface area contributed by atoms with Gasteiger partial charge in [-0.3, -0.25) is 10.1 Å². The standard InChI is InChI=1S/C34H34N2O4/c1-24-21-25(2)23-27(22-24)31(36(3)30(37)26-13-7-4-8-14-26)40-34(32(38)39)33(19-20-35-34,28-15-9-5-10-16-28)29-17-11-6-12-18-29/h4-18,21-23,31,35H,19-20H2,1-3H3,(H,38,39). The Morgan fingerprint density at radius 2 is 1.32 bits per heavy atom. The third-order valence-corrected chi connectivity index (χ3v) is 7.82. The molecule has 0 radical (unpaired) electrons. The maximum atomic E-state index is 13.8. The Hall–Kier alpha value is -4.26. The second-order valence-electron chi connectivity index (χ2n) is 10.5. The minimum Gasteiger partial charge on any atom is -0.478 e. The van der Waals surface area contributed by atoms with Gasteiger partial charge >= 0.3 is 5.97 Å². The molecule has 0 bridgehead atoms. The number of carboxylic acids is 1. The minimum absolute atomic E-state index is 0.270. The van der Waals surface area contributed by atoms with Crippen molar-refractivity contribution in [3.63, 3.8) is 0 Å². The molecule has 6 heteroatoms. The molecule has 1 aliphatic heterocycles. The van der Waals surface area contributed by atoms with Crippen LogP contribution in [0.1, 0.15) is 50.8 Å². The highest BCUT2D eigenvalue weighted by Crippen LogP contribution is 2.51. The summed E-state index contributed by atoms with van der Waals surface area (Å²) >= 11 is 0. The van der Waals surface area contributed by atoms with E-state index in [9.17, 15) is 14.7 Å². The van der Waals surface area contributed by atoms with Crippen LogP contribution < -0.4 is 5.32 Å². The van der Waals surface area contributed by atoms with Crippen molar-refractivity contribution in [3.05, 3.63) is 143 Å². The molecule has 40 heavy (non-hydrogen) atoms. The highest BCUT2D eigenvalue weighted by atomic mass is 16.6. The predicted octanol–water partition coefficient (Wildman–Crippen LogP) is 5.85. The van der Waals surface area contributed by atoms with Crippen molar-refractivity contribution in [1.82, 2.24) is 10.2 Å². The fraction of sp³-hybridized carbons (Fsp3) is 0.235. The number of carbonyl (C=O) groups excluding carboxylic acids is 1. The molecule has 1 fully saturated rings. The van der Waals surface area contributed by atoms with Crippen molar-refractivity contribution in [1.29, 1.82) is 0 Å². The Balaban J connectivity index is 1.72. The molecule has 0 aromatic heterocycles. The number of carboxylic acid groups (broad SMARTS) is 1. The van der Waals surface area contributed by atoms with E-state index in [2.05, 4.69) is 5.32 Å². The van der Waals surface area contributed by atoms with E-state index < -0.39 is 23.3 Å².